The van der Waals surface area contributed by atoms with Crippen molar-refractivity contribution in [2.45, 2.75) is 38.8 Å². The first kappa shape index (κ1) is 16.8. The number of rotatable bonds is 3. The number of hydrogen-bond acceptors (Lipinski definition) is 3. The van der Waals surface area contributed by atoms with E-state index >= 15 is 0 Å². The van der Waals surface area contributed by atoms with Gasteiger partial charge in [0.25, 0.3) is 0 Å². The number of amides is 3. The van der Waals surface area contributed by atoms with Gasteiger partial charge >= 0.3 is 6.03 Å². The molecule has 1 aromatic carbocycles. The molecule has 1 saturated heterocycles. The van der Waals surface area contributed by atoms with E-state index in [1.54, 1.807) is 4.90 Å². The summed E-state index contributed by atoms with van der Waals surface area (Å²) in [5.74, 6) is -0.0305. The summed E-state index contributed by atoms with van der Waals surface area (Å²) in [5, 5.41) is 6.06. The van der Waals surface area contributed by atoms with Gasteiger partial charge in [0.15, 0.2) is 0 Å². The Bertz CT molecular complexity index is 633. The predicted molar refractivity (Wildman–Crippen MR) is 95.2 cm³/mol. The van der Waals surface area contributed by atoms with Gasteiger partial charge in [-0.3, -0.25) is 9.69 Å². The highest BCUT2D eigenvalue weighted by atomic mass is 16.2. The van der Waals surface area contributed by atoms with Crippen molar-refractivity contribution in [3.8, 4) is 0 Å². The lowest BCUT2D eigenvalue weighted by Crippen LogP contribution is -2.58. The molecule has 2 aliphatic rings. The second-order valence-electron chi connectivity index (χ2n) is 6.90. The zero-order chi connectivity index (χ0) is 17.3. The third-order valence-electron chi connectivity index (χ3n) is 5.09. The van der Waals surface area contributed by atoms with Gasteiger partial charge in [0.05, 0.1) is 11.4 Å². The molecule has 3 amide bonds. The summed E-state index contributed by atoms with van der Waals surface area (Å²) >= 11 is 0. The highest BCUT2D eigenvalue weighted by molar-refractivity contribution is 6.11. The van der Waals surface area contributed by atoms with Crippen LogP contribution >= 0.6 is 0 Å². The van der Waals surface area contributed by atoms with E-state index in [4.69, 9.17) is 0 Å². The molecule has 0 aliphatic carbocycles. The number of fused-ring (bicyclic) bond motifs is 1. The number of anilines is 2. The smallest absolute Gasteiger partial charge is 0.322 e. The normalized spacial score (nSPS) is 25.1. The fourth-order valence-corrected chi connectivity index (χ4v) is 3.53. The molecule has 0 bridgehead atoms. The van der Waals surface area contributed by atoms with Gasteiger partial charge in [-0.2, -0.15) is 0 Å². The average Bonchev–Trinajstić information content (AvgIpc) is 2.97. The van der Waals surface area contributed by atoms with Gasteiger partial charge in [0.2, 0.25) is 5.91 Å². The largest absolute Gasteiger partial charge is 0.334 e. The zero-order valence-electron chi connectivity index (χ0n) is 14.6. The van der Waals surface area contributed by atoms with Gasteiger partial charge in [-0.15, -0.1) is 0 Å². The van der Waals surface area contributed by atoms with Crippen LogP contribution in [0.5, 0.6) is 0 Å². The summed E-state index contributed by atoms with van der Waals surface area (Å²) in [7, 11) is 2.05. The fourth-order valence-electron chi connectivity index (χ4n) is 3.53. The number of likely N-dealkylation sites (N-methyl/N-ethyl adjacent to an activating group) is 1. The van der Waals surface area contributed by atoms with E-state index in [0.29, 0.717) is 5.69 Å². The fraction of sp³-hybridized carbons (Fsp3) is 0.556. The van der Waals surface area contributed by atoms with Gasteiger partial charge in [-0.1, -0.05) is 32.4 Å². The van der Waals surface area contributed by atoms with Gasteiger partial charge in [0.1, 0.15) is 6.04 Å². The first-order chi connectivity index (χ1) is 11.5. The first-order valence-electron chi connectivity index (χ1n) is 8.69. The van der Waals surface area contributed by atoms with Gasteiger partial charge < -0.3 is 15.5 Å². The number of hydrogen-bond donors (Lipinski definition) is 2. The number of urea groups is 1. The number of carbonyl (C=O) groups is 2. The van der Waals surface area contributed by atoms with Gasteiger partial charge in [0, 0.05) is 12.6 Å². The molecule has 3 rings (SSSR count). The second-order valence-corrected chi connectivity index (χ2v) is 6.90. The van der Waals surface area contributed by atoms with Crippen LogP contribution in [0.1, 0.15) is 26.7 Å². The molecule has 1 aromatic rings. The minimum absolute atomic E-state index is 0.0790. The SMILES string of the molecule is CC[C@H](C)[C@H]1C(=O)Nc2ccccc2N1C(=O)N[C@H]1CCN(C)C1. The summed E-state index contributed by atoms with van der Waals surface area (Å²) in [5.41, 5.74) is 1.46. The Balaban J connectivity index is 1.90. The second kappa shape index (κ2) is 6.81. The van der Waals surface area contributed by atoms with Crippen molar-refractivity contribution in [2.75, 3.05) is 30.4 Å². The molecule has 2 aliphatic heterocycles. The molecule has 2 N–H and O–H groups in total. The van der Waals surface area contributed by atoms with Crippen LogP contribution in [0.15, 0.2) is 24.3 Å². The summed E-state index contributed by atoms with van der Waals surface area (Å²) in [4.78, 5) is 29.5. The number of nitrogens with one attached hydrogen (secondary N) is 2. The minimum atomic E-state index is -0.482. The monoisotopic (exact) mass is 330 g/mol. The summed E-state index contributed by atoms with van der Waals surface area (Å²) in [6.07, 6.45) is 1.77. The molecule has 24 heavy (non-hydrogen) atoms. The van der Waals surface area contributed by atoms with Gasteiger partial charge in [-0.25, -0.2) is 4.79 Å². The van der Waals surface area contributed by atoms with Crippen LogP contribution in [-0.2, 0) is 4.79 Å². The van der Waals surface area contributed by atoms with E-state index in [9.17, 15) is 9.59 Å². The Morgan fingerprint density at radius 2 is 2.17 bits per heavy atom. The van der Waals surface area contributed by atoms with Crippen LogP contribution in [0, 0.1) is 5.92 Å². The van der Waals surface area contributed by atoms with Crippen molar-refractivity contribution in [1.82, 2.24) is 10.2 Å². The maximum absolute atomic E-state index is 13.0. The molecule has 0 aromatic heterocycles. The maximum Gasteiger partial charge on any atom is 0.322 e. The van der Waals surface area contributed by atoms with E-state index in [0.717, 1.165) is 31.6 Å². The number of carbonyl (C=O) groups excluding carboxylic acids is 2. The van der Waals surface area contributed by atoms with Crippen LogP contribution < -0.4 is 15.5 Å². The molecule has 2 heterocycles. The Morgan fingerprint density at radius 3 is 2.83 bits per heavy atom. The molecule has 3 atom stereocenters. The van der Waals surface area contributed by atoms with Crippen LogP contribution in [0.3, 0.4) is 0 Å². The molecule has 6 heteroatoms. The number of nitrogens with zero attached hydrogens (tertiary/aromatic N) is 2. The first-order valence-corrected chi connectivity index (χ1v) is 8.69. The van der Waals surface area contributed by atoms with Crippen molar-refractivity contribution in [2.24, 2.45) is 5.92 Å². The lowest BCUT2D eigenvalue weighted by molar-refractivity contribution is -0.118. The molecule has 0 unspecified atom stereocenters. The van der Waals surface area contributed by atoms with E-state index in [2.05, 4.69) is 22.6 Å². The standard InChI is InChI=1S/C18H26N4O2/c1-4-12(2)16-17(23)20-14-7-5-6-8-15(14)22(16)18(24)19-13-9-10-21(3)11-13/h5-8,12-13,16H,4,9-11H2,1-3H3,(H,19,24)(H,20,23)/t12-,13-,16-/m0/s1. The lowest BCUT2D eigenvalue weighted by Gasteiger charge is -2.39. The number of benzene rings is 1. The minimum Gasteiger partial charge on any atom is -0.334 e. The molecule has 0 radical (unpaired) electrons. The number of likely N-dealkylation sites (tertiary alicyclic amines) is 1. The van der Waals surface area contributed by atoms with Crippen LogP contribution in [0.25, 0.3) is 0 Å². The molecule has 1 fully saturated rings. The average molecular weight is 330 g/mol. The molecular formula is C18H26N4O2. The zero-order valence-corrected chi connectivity index (χ0v) is 14.6. The number of para-hydroxylation sites is 2. The lowest BCUT2D eigenvalue weighted by atomic mass is 9.94. The van der Waals surface area contributed by atoms with Crippen molar-refractivity contribution >= 4 is 23.3 Å². The summed E-state index contributed by atoms with van der Waals surface area (Å²) in [6, 6.07) is 6.97. The maximum atomic E-state index is 13.0. The molecule has 6 nitrogen and oxygen atoms in total. The van der Waals surface area contributed by atoms with E-state index in [-0.39, 0.29) is 23.9 Å². The highest BCUT2D eigenvalue weighted by Gasteiger charge is 2.40. The summed E-state index contributed by atoms with van der Waals surface area (Å²) in [6.45, 7) is 5.89. The Labute approximate surface area is 143 Å². The van der Waals surface area contributed by atoms with Crippen molar-refractivity contribution < 1.29 is 9.59 Å². The highest BCUT2D eigenvalue weighted by Crippen LogP contribution is 2.34. The predicted octanol–water partition coefficient (Wildman–Crippen LogP) is 2.27. The van der Waals surface area contributed by atoms with Crippen molar-refractivity contribution in [3.05, 3.63) is 24.3 Å². The van der Waals surface area contributed by atoms with Crippen molar-refractivity contribution in [1.29, 1.82) is 0 Å². The molecule has 0 saturated carbocycles. The Hall–Kier alpha value is -2.08. The molecular weight excluding hydrogens is 304 g/mol. The molecule has 0 spiro atoms. The topological polar surface area (TPSA) is 64.7 Å². The quantitative estimate of drug-likeness (QED) is 0.893. The summed E-state index contributed by atoms with van der Waals surface area (Å²) < 4.78 is 0. The van der Waals surface area contributed by atoms with Gasteiger partial charge in [-0.05, 0) is 38.1 Å². The van der Waals surface area contributed by atoms with Crippen LogP contribution in [0.4, 0.5) is 16.2 Å². The third kappa shape index (κ3) is 3.11. The third-order valence-corrected chi connectivity index (χ3v) is 5.09. The van der Waals surface area contributed by atoms with E-state index < -0.39 is 6.04 Å². The Kier molecular flexibility index (Phi) is 4.76. The van der Waals surface area contributed by atoms with Crippen molar-refractivity contribution in [3.63, 3.8) is 0 Å². The van der Waals surface area contributed by atoms with Crippen LogP contribution in [-0.4, -0.2) is 49.1 Å². The van der Waals surface area contributed by atoms with Crippen LogP contribution in [0.2, 0.25) is 0 Å². The Morgan fingerprint density at radius 1 is 1.42 bits per heavy atom. The molecule has 130 valence electrons. The van der Waals surface area contributed by atoms with E-state index in [1.165, 1.54) is 0 Å². The van der Waals surface area contributed by atoms with E-state index in [1.807, 2.05) is 38.1 Å².